The number of rotatable bonds is 4. The van der Waals surface area contributed by atoms with Gasteiger partial charge in [0.25, 0.3) is 0 Å². The Kier molecular flexibility index (Phi) is 3.48. The van der Waals surface area contributed by atoms with Gasteiger partial charge < -0.3 is 10.3 Å². The van der Waals surface area contributed by atoms with Crippen LogP contribution in [0.2, 0.25) is 0 Å². The van der Waals surface area contributed by atoms with Crippen LogP contribution in [0.1, 0.15) is 37.6 Å². The van der Waals surface area contributed by atoms with E-state index in [2.05, 4.69) is 48.6 Å². The fourth-order valence-electron chi connectivity index (χ4n) is 2.30. The summed E-state index contributed by atoms with van der Waals surface area (Å²) in [6.45, 7) is 5.11. The fourth-order valence-corrected chi connectivity index (χ4v) is 2.30. The van der Waals surface area contributed by atoms with Crippen LogP contribution in [0.3, 0.4) is 0 Å². The second-order valence-corrected chi connectivity index (χ2v) is 4.67. The van der Waals surface area contributed by atoms with E-state index in [9.17, 15) is 0 Å². The van der Waals surface area contributed by atoms with Crippen LogP contribution < -0.4 is 5.73 Å². The van der Waals surface area contributed by atoms with E-state index in [1.54, 1.807) is 0 Å². The van der Waals surface area contributed by atoms with Gasteiger partial charge in [-0.1, -0.05) is 19.9 Å². The zero-order chi connectivity index (χ0) is 12.4. The Hall–Kier alpha value is -1.35. The molecule has 0 radical (unpaired) electrons. The van der Waals surface area contributed by atoms with Crippen molar-refractivity contribution in [2.45, 2.75) is 32.6 Å². The predicted octanol–water partition coefficient (Wildman–Crippen LogP) is 2.59. The molecular formula is C14H21N3. The number of aryl methyl sites for hydroxylation is 2. The maximum atomic E-state index is 5.62. The van der Waals surface area contributed by atoms with Crippen molar-refractivity contribution in [3.63, 3.8) is 0 Å². The number of imidazole rings is 1. The molecule has 1 aromatic carbocycles. The number of aromatic nitrogens is 2. The fraction of sp³-hybridized carbons (Fsp3) is 0.500. The molecule has 1 atom stereocenters. The summed E-state index contributed by atoms with van der Waals surface area (Å²) in [6.07, 6.45) is 2.00. The summed E-state index contributed by atoms with van der Waals surface area (Å²) in [5, 5.41) is 0. The summed E-state index contributed by atoms with van der Waals surface area (Å²) in [5.41, 5.74) is 9.29. The van der Waals surface area contributed by atoms with Gasteiger partial charge in [0, 0.05) is 13.5 Å². The second-order valence-electron chi connectivity index (χ2n) is 4.67. The van der Waals surface area contributed by atoms with Gasteiger partial charge in [-0.2, -0.15) is 0 Å². The smallest absolute Gasteiger partial charge is 0.109 e. The minimum absolute atomic E-state index is 0.518. The highest BCUT2D eigenvalue weighted by Crippen LogP contribution is 2.23. The summed E-state index contributed by atoms with van der Waals surface area (Å²) in [7, 11) is 2.09. The van der Waals surface area contributed by atoms with Gasteiger partial charge in [-0.25, -0.2) is 4.98 Å². The number of hydrogen-bond donors (Lipinski definition) is 1. The molecule has 0 aliphatic heterocycles. The predicted molar refractivity (Wildman–Crippen MR) is 72.2 cm³/mol. The van der Waals surface area contributed by atoms with Gasteiger partial charge in [-0.05, 0) is 36.6 Å². The average Bonchev–Trinajstić information content (AvgIpc) is 2.66. The molecule has 0 saturated heterocycles. The van der Waals surface area contributed by atoms with Crippen molar-refractivity contribution in [3.05, 3.63) is 29.6 Å². The molecule has 3 nitrogen and oxygen atoms in total. The highest BCUT2D eigenvalue weighted by Gasteiger charge is 2.09. The Labute approximate surface area is 103 Å². The maximum absolute atomic E-state index is 5.62. The normalized spacial score (nSPS) is 13.2. The van der Waals surface area contributed by atoms with Gasteiger partial charge in [-0.15, -0.1) is 0 Å². The van der Waals surface area contributed by atoms with Crippen molar-refractivity contribution in [1.82, 2.24) is 9.55 Å². The first-order valence-electron chi connectivity index (χ1n) is 6.32. The van der Waals surface area contributed by atoms with Crippen molar-refractivity contribution in [3.8, 4) is 0 Å². The summed E-state index contributed by atoms with van der Waals surface area (Å²) < 4.78 is 2.19. The van der Waals surface area contributed by atoms with E-state index in [0.717, 1.165) is 30.7 Å². The molecule has 0 bridgehead atoms. The van der Waals surface area contributed by atoms with Crippen LogP contribution in [0.5, 0.6) is 0 Å². The molecule has 17 heavy (non-hydrogen) atoms. The van der Waals surface area contributed by atoms with Gasteiger partial charge in [-0.3, -0.25) is 0 Å². The minimum atomic E-state index is 0.518. The highest BCUT2D eigenvalue weighted by molar-refractivity contribution is 5.77. The molecular weight excluding hydrogens is 210 g/mol. The molecule has 1 unspecified atom stereocenters. The average molecular weight is 231 g/mol. The van der Waals surface area contributed by atoms with Crippen molar-refractivity contribution in [2.75, 3.05) is 6.54 Å². The molecule has 92 valence electrons. The maximum Gasteiger partial charge on any atom is 0.109 e. The van der Waals surface area contributed by atoms with Crippen LogP contribution >= 0.6 is 0 Å². The van der Waals surface area contributed by atoms with Crippen molar-refractivity contribution < 1.29 is 0 Å². The largest absolute Gasteiger partial charge is 0.331 e. The van der Waals surface area contributed by atoms with Gasteiger partial charge in [0.15, 0.2) is 0 Å². The van der Waals surface area contributed by atoms with Crippen molar-refractivity contribution in [1.29, 1.82) is 0 Å². The van der Waals surface area contributed by atoms with Crippen LogP contribution in [0, 0.1) is 0 Å². The third-order valence-corrected chi connectivity index (χ3v) is 3.48. The third-order valence-electron chi connectivity index (χ3n) is 3.48. The van der Waals surface area contributed by atoms with Crippen molar-refractivity contribution in [2.24, 2.45) is 12.8 Å². The molecule has 0 fully saturated rings. The lowest BCUT2D eigenvalue weighted by atomic mass is 9.97. The summed E-state index contributed by atoms with van der Waals surface area (Å²) in [4.78, 5) is 4.62. The Bertz CT molecular complexity index is 513. The second kappa shape index (κ2) is 4.88. The van der Waals surface area contributed by atoms with Crippen LogP contribution in [-0.4, -0.2) is 16.1 Å². The van der Waals surface area contributed by atoms with E-state index in [-0.39, 0.29) is 0 Å². The van der Waals surface area contributed by atoms with E-state index in [1.807, 2.05) is 0 Å². The molecule has 0 aliphatic rings. The third kappa shape index (κ3) is 2.20. The first-order valence-corrected chi connectivity index (χ1v) is 6.32. The van der Waals surface area contributed by atoms with E-state index >= 15 is 0 Å². The van der Waals surface area contributed by atoms with E-state index in [1.165, 1.54) is 11.1 Å². The number of nitrogens with two attached hydrogens (primary N) is 1. The van der Waals surface area contributed by atoms with E-state index < -0.39 is 0 Å². The molecule has 0 saturated carbocycles. The van der Waals surface area contributed by atoms with E-state index in [0.29, 0.717) is 5.92 Å². The zero-order valence-corrected chi connectivity index (χ0v) is 10.9. The number of hydrogen-bond acceptors (Lipinski definition) is 2. The lowest BCUT2D eigenvalue weighted by Crippen LogP contribution is -2.04. The molecule has 0 aliphatic carbocycles. The molecule has 1 aromatic heterocycles. The Balaban J connectivity index is 2.45. The van der Waals surface area contributed by atoms with Gasteiger partial charge in [0.2, 0.25) is 0 Å². The minimum Gasteiger partial charge on any atom is -0.331 e. The molecule has 0 spiro atoms. The molecule has 1 heterocycles. The monoisotopic (exact) mass is 231 g/mol. The summed E-state index contributed by atoms with van der Waals surface area (Å²) in [6, 6.07) is 6.55. The number of benzene rings is 1. The Morgan fingerprint density at radius 1 is 1.41 bits per heavy atom. The van der Waals surface area contributed by atoms with Gasteiger partial charge in [0.05, 0.1) is 11.0 Å². The topological polar surface area (TPSA) is 43.8 Å². The first kappa shape index (κ1) is 12.1. The van der Waals surface area contributed by atoms with Crippen molar-refractivity contribution >= 4 is 11.0 Å². The van der Waals surface area contributed by atoms with Crippen LogP contribution in [0.4, 0.5) is 0 Å². The Morgan fingerprint density at radius 3 is 2.82 bits per heavy atom. The lowest BCUT2D eigenvalue weighted by Gasteiger charge is -2.10. The quantitative estimate of drug-likeness (QED) is 0.879. The zero-order valence-electron chi connectivity index (χ0n) is 10.9. The molecule has 0 amide bonds. The highest BCUT2D eigenvalue weighted by atomic mass is 15.1. The van der Waals surface area contributed by atoms with Crippen LogP contribution in [0.25, 0.3) is 11.0 Å². The molecule has 2 aromatic rings. The summed E-state index contributed by atoms with van der Waals surface area (Å²) in [5.74, 6) is 1.66. The molecule has 3 heteroatoms. The van der Waals surface area contributed by atoms with Crippen LogP contribution in [0.15, 0.2) is 18.2 Å². The SMILES string of the molecule is CCc1nc2ccc(C(C)CCN)cc2n1C. The molecule has 2 rings (SSSR count). The summed E-state index contributed by atoms with van der Waals surface area (Å²) >= 11 is 0. The van der Waals surface area contributed by atoms with E-state index in [4.69, 9.17) is 5.73 Å². The Morgan fingerprint density at radius 2 is 2.18 bits per heavy atom. The van der Waals surface area contributed by atoms with Crippen LogP contribution in [-0.2, 0) is 13.5 Å². The van der Waals surface area contributed by atoms with Gasteiger partial charge >= 0.3 is 0 Å². The number of fused-ring (bicyclic) bond motifs is 1. The number of nitrogens with zero attached hydrogens (tertiary/aromatic N) is 2. The van der Waals surface area contributed by atoms with Gasteiger partial charge in [0.1, 0.15) is 5.82 Å². The lowest BCUT2D eigenvalue weighted by molar-refractivity contribution is 0.690. The standard InChI is InChI=1S/C14H21N3/c1-4-14-16-12-6-5-11(10(2)7-8-15)9-13(12)17(14)3/h5-6,9-10H,4,7-8,15H2,1-3H3. The molecule has 2 N–H and O–H groups in total. The first-order chi connectivity index (χ1) is 8.17.